The van der Waals surface area contributed by atoms with Crippen LogP contribution >= 0.6 is 0 Å². The summed E-state index contributed by atoms with van der Waals surface area (Å²) in [4.78, 5) is 0. The molecule has 2 rings (SSSR count). The summed E-state index contributed by atoms with van der Waals surface area (Å²) in [5, 5.41) is 34.7. The Morgan fingerprint density at radius 2 is 1.08 bits per heavy atom. The van der Waals surface area contributed by atoms with Crippen molar-refractivity contribution in [2.75, 3.05) is 0 Å². The third-order valence-electron chi connectivity index (χ3n) is 3.60. The lowest BCUT2D eigenvalue weighted by molar-refractivity contribution is 0.323. The molecule has 0 amide bonds. The molecule has 0 saturated carbocycles. The topological polar surface area (TPSA) is 95.2 Å². The van der Waals surface area contributed by atoms with E-state index in [-0.39, 0.29) is 0 Å². The fourth-order valence-electron chi connectivity index (χ4n) is 2.46. The van der Waals surface area contributed by atoms with Gasteiger partial charge in [-0.15, -0.1) is 0 Å². The molecule has 0 aromatic rings. The molecule has 0 bridgehead atoms. The van der Waals surface area contributed by atoms with Crippen LogP contribution in [0.3, 0.4) is 0 Å². The maximum absolute atomic E-state index is 14.5. The molecule has 10 heteroatoms. The quantitative estimate of drug-likeness (QED) is 0.480. The molecule has 0 heterocycles. The summed E-state index contributed by atoms with van der Waals surface area (Å²) in [6.45, 7) is 0. The van der Waals surface area contributed by atoms with Gasteiger partial charge in [0, 0.05) is 5.57 Å². The number of hydrogen-bond acceptors (Lipinski definition) is 4. The first-order chi connectivity index (χ1) is 12.3. The van der Waals surface area contributed by atoms with Crippen LogP contribution in [-0.2, 0) is 0 Å². The number of hydrogen-bond donors (Lipinski definition) is 0. The number of nitrogens with zero attached hydrogens (tertiary/aromatic N) is 4. The number of allylic oxidation sites excluding steroid dienone is 10. The second-order valence-electron chi connectivity index (χ2n) is 4.83. The Morgan fingerprint density at radius 1 is 0.654 bits per heavy atom. The minimum Gasteiger partial charge on any atom is -0.237 e. The molecule has 0 spiro atoms. The Balaban J connectivity index is 3.04. The van der Waals surface area contributed by atoms with E-state index in [1.807, 2.05) is 0 Å². The van der Waals surface area contributed by atoms with E-state index in [0.717, 1.165) is 24.3 Å². The summed E-state index contributed by atoms with van der Waals surface area (Å²) in [5.74, 6) is -8.48. The summed E-state index contributed by atoms with van der Waals surface area (Å²) in [7, 11) is 0. The lowest BCUT2D eigenvalue weighted by Gasteiger charge is -2.29. The predicted molar refractivity (Wildman–Crippen MR) is 71.8 cm³/mol. The zero-order valence-electron chi connectivity index (χ0n) is 12.2. The first-order valence-corrected chi connectivity index (χ1v) is 6.49. The van der Waals surface area contributed by atoms with E-state index in [4.69, 9.17) is 21.0 Å². The molecule has 0 N–H and O–H groups in total. The molecule has 0 saturated heterocycles. The van der Waals surface area contributed by atoms with Gasteiger partial charge in [0.2, 0.25) is 0 Å². The molecule has 0 radical (unpaired) electrons. The molecule has 2 unspecified atom stereocenters. The van der Waals surface area contributed by atoms with Crippen LogP contribution in [0.2, 0.25) is 0 Å². The van der Waals surface area contributed by atoms with Gasteiger partial charge in [0.1, 0.15) is 47.1 Å². The number of nitriles is 4. The van der Waals surface area contributed by atoms with Gasteiger partial charge in [0.05, 0.1) is 16.7 Å². The van der Waals surface area contributed by atoms with Gasteiger partial charge >= 0.3 is 0 Å². The van der Waals surface area contributed by atoms with Gasteiger partial charge in [-0.25, -0.2) is 26.3 Å². The Kier molecular flexibility index (Phi) is 4.73. The van der Waals surface area contributed by atoms with Gasteiger partial charge in [0.15, 0.2) is 24.0 Å². The molecule has 0 aliphatic heterocycles. The van der Waals surface area contributed by atoms with Crippen molar-refractivity contribution in [1.29, 1.82) is 21.0 Å². The Morgan fingerprint density at radius 3 is 1.50 bits per heavy atom. The van der Waals surface area contributed by atoms with Crippen molar-refractivity contribution in [3.05, 3.63) is 56.7 Å². The average Bonchev–Trinajstić information content (AvgIpc) is 2.63. The zero-order valence-corrected chi connectivity index (χ0v) is 12.2. The van der Waals surface area contributed by atoms with Gasteiger partial charge in [0.25, 0.3) is 0 Å². The standard InChI is InChI=1S/C16H2F6N4/c17-11-7(5(1-23)2-24)13(19)15(21)10-9(11)16(22)14(20)8(12(10)18)6(3-25)4-26/h11,14H. The number of rotatable bonds is 0. The summed E-state index contributed by atoms with van der Waals surface area (Å²) in [6.07, 6.45) is -6.19. The fourth-order valence-corrected chi connectivity index (χ4v) is 2.46. The Bertz CT molecular complexity index is 1010. The SMILES string of the molecule is N#CC(C#N)=C1C(F)=C2C(F)=C(F)C(=C(C#N)C#N)C(F)C2=C(F)C1F. The van der Waals surface area contributed by atoms with Crippen LogP contribution in [-0.4, -0.2) is 12.3 Å². The molecule has 128 valence electrons. The molecular formula is C16H2F6N4. The highest BCUT2D eigenvalue weighted by Crippen LogP contribution is 2.50. The average molecular weight is 364 g/mol. The smallest absolute Gasteiger partial charge is 0.182 e. The maximum Gasteiger partial charge on any atom is 0.182 e. The Labute approximate surface area is 141 Å². The van der Waals surface area contributed by atoms with Crippen LogP contribution < -0.4 is 0 Å². The normalized spacial score (nSPS) is 22.2. The van der Waals surface area contributed by atoms with Crippen molar-refractivity contribution in [1.82, 2.24) is 0 Å². The number of halogens is 6. The van der Waals surface area contributed by atoms with Crippen molar-refractivity contribution < 1.29 is 26.3 Å². The highest BCUT2D eigenvalue weighted by molar-refractivity contribution is 5.70. The molecule has 2 atom stereocenters. The van der Waals surface area contributed by atoms with E-state index >= 15 is 0 Å². The van der Waals surface area contributed by atoms with Crippen LogP contribution in [0.1, 0.15) is 0 Å². The van der Waals surface area contributed by atoms with E-state index in [1.165, 1.54) is 0 Å². The third-order valence-corrected chi connectivity index (χ3v) is 3.60. The monoisotopic (exact) mass is 364 g/mol. The highest BCUT2D eigenvalue weighted by atomic mass is 19.2. The summed E-state index contributed by atoms with van der Waals surface area (Å²) >= 11 is 0. The summed E-state index contributed by atoms with van der Waals surface area (Å²) in [5.41, 5.74) is -8.76. The van der Waals surface area contributed by atoms with Gasteiger partial charge in [-0.05, 0) is 0 Å². The van der Waals surface area contributed by atoms with Gasteiger partial charge in [-0.3, -0.25) is 0 Å². The van der Waals surface area contributed by atoms with Crippen LogP contribution in [0, 0.1) is 45.3 Å². The first kappa shape index (κ1) is 18.6. The van der Waals surface area contributed by atoms with E-state index in [0.29, 0.717) is 0 Å². The molecule has 4 nitrogen and oxygen atoms in total. The second-order valence-corrected chi connectivity index (χ2v) is 4.83. The maximum atomic E-state index is 14.5. The van der Waals surface area contributed by atoms with Crippen molar-refractivity contribution in [2.45, 2.75) is 12.3 Å². The highest BCUT2D eigenvalue weighted by Gasteiger charge is 2.47. The largest absolute Gasteiger partial charge is 0.237 e. The lowest BCUT2D eigenvalue weighted by Crippen LogP contribution is -2.28. The zero-order chi connectivity index (χ0) is 19.8. The number of fused-ring (bicyclic) bond motifs is 1. The first-order valence-electron chi connectivity index (χ1n) is 6.49. The van der Waals surface area contributed by atoms with Gasteiger partial charge in [-0.2, -0.15) is 21.0 Å². The van der Waals surface area contributed by atoms with E-state index in [1.54, 1.807) is 0 Å². The molecule has 2 aliphatic rings. The molecule has 0 fully saturated rings. The minimum absolute atomic E-state index is 1.07. The van der Waals surface area contributed by atoms with Crippen LogP contribution in [0.15, 0.2) is 56.7 Å². The molecule has 0 aromatic heterocycles. The molecule has 2 aliphatic carbocycles. The minimum atomic E-state index is -3.14. The molecular weight excluding hydrogens is 362 g/mol. The van der Waals surface area contributed by atoms with Crippen molar-refractivity contribution in [2.24, 2.45) is 0 Å². The fraction of sp³-hybridized carbons (Fsp3) is 0.125. The summed E-state index contributed by atoms with van der Waals surface area (Å²) in [6, 6.07) is 4.30. The van der Waals surface area contributed by atoms with Crippen LogP contribution in [0.25, 0.3) is 0 Å². The van der Waals surface area contributed by atoms with E-state index in [2.05, 4.69) is 0 Å². The van der Waals surface area contributed by atoms with Crippen molar-refractivity contribution in [3.63, 3.8) is 0 Å². The van der Waals surface area contributed by atoms with Gasteiger partial charge in [-0.1, -0.05) is 0 Å². The van der Waals surface area contributed by atoms with Crippen LogP contribution in [0.5, 0.6) is 0 Å². The third kappa shape index (κ3) is 2.37. The van der Waals surface area contributed by atoms with Crippen molar-refractivity contribution in [3.8, 4) is 24.3 Å². The Hall–Kier alpha value is -3.76. The lowest BCUT2D eigenvalue weighted by atomic mass is 9.79. The van der Waals surface area contributed by atoms with Gasteiger partial charge < -0.3 is 0 Å². The molecule has 26 heavy (non-hydrogen) atoms. The second kappa shape index (κ2) is 6.63. The summed E-state index contributed by atoms with van der Waals surface area (Å²) < 4.78 is 85.7. The van der Waals surface area contributed by atoms with Crippen molar-refractivity contribution >= 4 is 0 Å². The predicted octanol–water partition coefficient (Wildman–Crippen LogP) is 3.98. The van der Waals surface area contributed by atoms with E-state index < -0.39 is 69.1 Å². The number of alkyl halides is 2. The molecule has 0 aromatic carbocycles. The van der Waals surface area contributed by atoms with Crippen LogP contribution in [0.4, 0.5) is 26.3 Å². The van der Waals surface area contributed by atoms with E-state index in [9.17, 15) is 26.3 Å².